The number of rotatable bonds is 3. The molecule has 5 rings (SSSR count). The Morgan fingerprint density at radius 2 is 1.22 bits per heavy atom. The second-order valence-corrected chi connectivity index (χ2v) is 11.8. The van der Waals surface area contributed by atoms with Crippen molar-refractivity contribution in [1.82, 2.24) is 0 Å². The van der Waals surface area contributed by atoms with Gasteiger partial charge in [0.15, 0.2) is 0 Å². The summed E-state index contributed by atoms with van der Waals surface area (Å²) < 4.78 is 0. The molecule has 0 saturated heterocycles. The first-order valence-electron chi connectivity index (χ1n) is 11.2. The summed E-state index contributed by atoms with van der Waals surface area (Å²) >= 11 is -0.556. The number of aryl methyl sites for hydroxylation is 2. The maximum Gasteiger partial charge on any atom is 0.121 e. The van der Waals surface area contributed by atoms with Gasteiger partial charge in [-0.05, 0) is 19.4 Å². The van der Waals surface area contributed by atoms with Crippen molar-refractivity contribution in [2.24, 2.45) is 0 Å². The van der Waals surface area contributed by atoms with Gasteiger partial charge in [0, 0.05) is 0 Å². The van der Waals surface area contributed by atoms with Crippen molar-refractivity contribution in [3.63, 3.8) is 0 Å². The summed E-state index contributed by atoms with van der Waals surface area (Å²) in [6.07, 6.45) is 0. The van der Waals surface area contributed by atoms with Crippen molar-refractivity contribution in [1.29, 1.82) is 0 Å². The van der Waals surface area contributed by atoms with Gasteiger partial charge in [-0.3, -0.25) is 0 Å². The quantitative estimate of drug-likeness (QED) is 0.163. The molecule has 1 N–H and O–H groups in total. The van der Waals surface area contributed by atoms with Gasteiger partial charge in [0.2, 0.25) is 0 Å². The van der Waals surface area contributed by atoms with E-state index in [1.165, 1.54) is 21.1 Å². The molecular formula is C30H27Cl2NOSiTi-2. The van der Waals surface area contributed by atoms with Gasteiger partial charge in [-0.15, -0.1) is 29.7 Å². The van der Waals surface area contributed by atoms with E-state index >= 15 is 0 Å². The van der Waals surface area contributed by atoms with E-state index in [9.17, 15) is 4.79 Å². The Bertz CT molecular complexity index is 1220. The molecule has 0 aliphatic heterocycles. The molecule has 182 valence electrons. The Kier molecular flexibility index (Phi) is 14.0. The molecule has 6 heteroatoms. The predicted molar refractivity (Wildman–Crippen MR) is 154 cm³/mol. The second kappa shape index (κ2) is 17.0. The fourth-order valence-corrected chi connectivity index (χ4v) is 4.44. The molecule has 0 unspecified atom stereocenters. The number of fused-ring (bicyclic) bond motifs is 1. The fraction of sp³-hybridized carbons (Fsp3) is 0.0667. The fourth-order valence-electron chi connectivity index (χ4n) is 3.39. The number of nitrogens with one attached hydrogen (secondary N) is 1. The average Bonchev–Trinajstić information content (AvgIpc) is 3.35. The zero-order chi connectivity index (χ0) is 26.2. The minimum atomic E-state index is -0.614. The van der Waals surface area contributed by atoms with E-state index in [0.717, 1.165) is 20.6 Å². The topological polar surface area (TPSA) is 40.9 Å². The molecule has 0 aliphatic rings. The Morgan fingerprint density at radius 1 is 0.750 bits per heavy atom. The summed E-state index contributed by atoms with van der Waals surface area (Å²) in [7, 11) is 10.6. The van der Waals surface area contributed by atoms with Gasteiger partial charge in [-0.2, -0.15) is 17.5 Å². The summed E-state index contributed by atoms with van der Waals surface area (Å²) in [5.41, 5.74) is 9.40. The Balaban J connectivity index is 0.000000182. The standard InChI is InChI=1S/C12H10Si.C9H11NO.C9H7.2ClH.Ti/c1-3-7-11(8-4-1)13-12-9-5-2-6-10-12;1-6-3-7(2)5-8(4-6)9(10)11;1-2-5-9-7-3-6-8(9)4-1;;;/h1-10H;3-5H,1-2H3,(H2,10,11);1-7H;2*1H;/q;;-1;;;+2/p-3. The maximum absolute atomic E-state index is 10.6. The molecular weight excluding hydrogens is 537 g/mol. The van der Waals surface area contributed by atoms with Crippen LogP contribution < -0.4 is 10.4 Å². The maximum atomic E-state index is 10.6. The van der Waals surface area contributed by atoms with Crippen molar-refractivity contribution < 1.29 is 21.8 Å². The predicted octanol–water partition coefficient (Wildman–Crippen LogP) is 7.77. The monoisotopic (exact) mass is 563 g/mol. The third-order valence-electron chi connectivity index (χ3n) is 4.87. The number of hydrogen-bond donors (Lipinski definition) is 0. The zero-order valence-corrected chi connectivity index (χ0v) is 24.3. The number of carbonyl (C=O) groups is 1. The van der Waals surface area contributed by atoms with Crippen LogP contribution in [-0.4, -0.2) is 15.4 Å². The minimum absolute atomic E-state index is 0.475. The third-order valence-corrected chi connectivity index (χ3v) is 6.11. The van der Waals surface area contributed by atoms with Gasteiger partial charge in [0.25, 0.3) is 0 Å². The summed E-state index contributed by atoms with van der Waals surface area (Å²) in [5, 5.41) is 5.46. The van der Waals surface area contributed by atoms with Gasteiger partial charge < -0.3 is 10.5 Å². The Hall–Kier alpha value is -2.53. The summed E-state index contributed by atoms with van der Waals surface area (Å²) in [6.45, 7) is 3.83. The first-order chi connectivity index (χ1) is 17.4. The molecule has 5 aromatic carbocycles. The average molecular weight is 564 g/mol. The Labute approximate surface area is 233 Å². The molecule has 36 heavy (non-hydrogen) atoms. The van der Waals surface area contributed by atoms with Crippen LogP contribution >= 0.6 is 18.6 Å². The van der Waals surface area contributed by atoms with E-state index in [-0.39, 0.29) is 0 Å². The summed E-state index contributed by atoms with van der Waals surface area (Å²) in [6, 6.07) is 41.3. The first kappa shape index (κ1) is 29.7. The first-order valence-corrected chi connectivity index (χ1v) is 16.5. The van der Waals surface area contributed by atoms with Gasteiger partial charge in [-0.25, -0.2) is 0 Å². The molecule has 0 bridgehead atoms. The van der Waals surface area contributed by atoms with Crippen LogP contribution in [0, 0.1) is 13.8 Å². The third kappa shape index (κ3) is 11.5. The van der Waals surface area contributed by atoms with Gasteiger partial charge in [0.1, 0.15) is 9.52 Å². The molecule has 2 radical (unpaired) electrons. The van der Waals surface area contributed by atoms with Crippen LogP contribution in [0.5, 0.6) is 0 Å². The normalized spacial score (nSPS) is 9.44. The van der Waals surface area contributed by atoms with Crippen molar-refractivity contribution in [2.75, 3.05) is 0 Å². The van der Waals surface area contributed by atoms with E-state index in [1.807, 2.05) is 19.9 Å². The zero-order valence-electron chi connectivity index (χ0n) is 20.2. The van der Waals surface area contributed by atoms with E-state index in [0.29, 0.717) is 5.56 Å². The van der Waals surface area contributed by atoms with Crippen LogP contribution in [0.25, 0.3) is 16.5 Å². The molecule has 2 nitrogen and oxygen atoms in total. The van der Waals surface area contributed by atoms with E-state index in [4.69, 9.17) is 24.3 Å². The molecule has 5 aromatic rings. The van der Waals surface area contributed by atoms with Gasteiger partial charge >= 0.3 is 35.6 Å². The van der Waals surface area contributed by atoms with Crippen molar-refractivity contribution in [3.8, 4) is 0 Å². The van der Waals surface area contributed by atoms with Gasteiger partial charge in [-0.1, -0.05) is 106 Å². The van der Waals surface area contributed by atoms with Crippen molar-refractivity contribution in [2.45, 2.75) is 13.8 Å². The molecule has 0 saturated carbocycles. The number of halogens is 2. The van der Waals surface area contributed by atoms with E-state index < -0.39 is 22.9 Å². The number of hydrogen-bond acceptors (Lipinski definition) is 1. The second-order valence-electron chi connectivity index (χ2n) is 7.79. The molecule has 0 aromatic heterocycles. The molecule has 0 aliphatic carbocycles. The van der Waals surface area contributed by atoms with E-state index in [2.05, 4.69) is 103 Å². The number of amides is 1. The van der Waals surface area contributed by atoms with Crippen LogP contribution in [0.2, 0.25) is 0 Å². The molecule has 0 heterocycles. The smallest absolute Gasteiger partial charge is 0.121 e. The SMILES string of the molecule is Cc1cc(C)cc(C([NH-])=O)c1.[Cl][Ti][Cl].c1ccc([Si]c2ccccc2)cc1.c1ccc2[cH-]ccc2c1. The number of carbonyl (C=O) groups excluding carboxylic acids is 1. The van der Waals surface area contributed by atoms with Crippen LogP contribution in [0.3, 0.4) is 0 Å². The molecule has 1 amide bonds. The van der Waals surface area contributed by atoms with Crippen LogP contribution in [0.1, 0.15) is 21.5 Å². The molecule has 0 spiro atoms. The van der Waals surface area contributed by atoms with E-state index in [1.54, 1.807) is 12.1 Å². The largest absolute Gasteiger partial charge is 0.168 e. The van der Waals surface area contributed by atoms with Crippen molar-refractivity contribution in [3.05, 3.63) is 144 Å². The van der Waals surface area contributed by atoms with Crippen LogP contribution in [0.15, 0.2) is 121 Å². The van der Waals surface area contributed by atoms with Crippen LogP contribution in [-0.2, 0) is 17.0 Å². The Morgan fingerprint density at radius 3 is 1.69 bits per heavy atom. The van der Waals surface area contributed by atoms with Gasteiger partial charge in [0.05, 0.1) is 5.91 Å². The molecule has 0 atom stereocenters. The van der Waals surface area contributed by atoms with Crippen LogP contribution in [0.4, 0.5) is 0 Å². The van der Waals surface area contributed by atoms with Crippen molar-refractivity contribution >= 4 is 55.2 Å². The molecule has 0 fully saturated rings. The number of benzene rings is 4. The summed E-state index contributed by atoms with van der Waals surface area (Å²) in [4.78, 5) is 10.6. The summed E-state index contributed by atoms with van der Waals surface area (Å²) in [5.74, 6) is -0.614. The minimum Gasteiger partial charge on any atom is -0.168 e.